The number of hydrogen-bond acceptors (Lipinski definition) is 4. The minimum atomic E-state index is -0.306. The van der Waals surface area contributed by atoms with E-state index in [4.69, 9.17) is 9.47 Å². The van der Waals surface area contributed by atoms with Crippen molar-refractivity contribution in [3.8, 4) is 11.5 Å². The summed E-state index contributed by atoms with van der Waals surface area (Å²) in [7, 11) is 1.62. The van der Waals surface area contributed by atoms with Crippen molar-refractivity contribution in [2.45, 2.75) is 53.4 Å². The van der Waals surface area contributed by atoms with Gasteiger partial charge in [-0.15, -0.1) is 0 Å². The van der Waals surface area contributed by atoms with E-state index in [9.17, 15) is 4.79 Å². The predicted octanol–water partition coefficient (Wildman–Crippen LogP) is 5.33. The molecule has 0 aliphatic rings. The molecule has 30 heavy (non-hydrogen) atoms. The zero-order chi connectivity index (χ0) is 22.4. The first-order chi connectivity index (χ1) is 14.0. The number of nitrogens with zero attached hydrogens (tertiary/aromatic N) is 1. The summed E-state index contributed by atoms with van der Waals surface area (Å²) < 4.78 is 10.7. The molecule has 0 aliphatic heterocycles. The normalized spacial score (nSPS) is 12.4. The first-order valence-electron chi connectivity index (χ1n) is 10.2. The Kier molecular flexibility index (Phi) is 7.65. The fourth-order valence-electron chi connectivity index (χ4n) is 3.65. The van der Waals surface area contributed by atoms with Crippen LogP contribution in [0.15, 0.2) is 53.6 Å². The van der Waals surface area contributed by atoms with Gasteiger partial charge in [0.15, 0.2) is 6.61 Å². The average Bonchev–Trinajstić information content (AvgIpc) is 2.69. The van der Waals surface area contributed by atoms with Crippen molar-refractivity contribution in [1.82, 2.24) is 5.43 Å². The molecule has 0 saturated carbocycles. The molecule has 0 spiro atoms. The molecule has 2 aromatic rings. The smallest absolute Gasteiger partial charge is 0.277 e. The summed E-state index contributed by atoms with van der Waals surface area (Å²) in [6.45, 7) is 13.0. The first-order valence-corrected chi connectivity index (χ1v) is 10.2. The highest BCUT2D eigenvalue weighted by Crippen LogP contribution is 2.36. The van der Waals surface area contributed by atoms with Crippen molar-refractivity contribution in [2.75, 3.05) is 13.7 Å². The second kappa shape index (κ2) is 9.79. The molecule has 0 fully saturated rings. The van der Waals surface area contributed by atoms with Crippen LogP contribution in [-0.2, 0) is 10.2 Å². The Hall–Kier alpha value is -2.82. The minimum Gasteiger partial charge on any atom is -0.497 e. The second-order valence-corrected chi connectivity index (χ2v) is 9.40. The van der Waals surface area contributed by atoms with Gasteiger partial charge in [0.05, 0.1) is 12.8 Å². The molecule has 5 heteroatoms. The van der Waals surface area contributed by atoms with Crippen LogP contribution in [-0.4, -0.2) is 25.3 Å². The van der Waals surface area contributed by atoms with Gasteiger partial charge in [-0.25, -0.2) is 5.43 Å². The Morgan fingerprint density at radius 3 is 2.03 bits per heavy atom. The maximum atomic E-state index is 12.1. The number of ether oxygens (including phenoxy) is 2. The fraction of sp³-hybridized carbons (Fsp3) is 0.440. The van der Waals surface area contributed by atoms with Crippen molar-refractivity contribution >= 4 is 11.6 Å². The molecule has 0 heterocycles. The Labute approximate surface area is 180 Å². The monoisotopic (exact) mass is 410 g/mol. The SMILES string of the molecule is COc1ccc(C(C)=NNC(=O)COc2ccc(C(C)(C)CC(C)(C)C)cc2)cc1. The van der Waals surface area contributed by atoms with Crippen LogP contribution in [0.3, 0.4) is 0 Å². The topological polar surface area (TPSA) is 59.9 Å². The number of carbonyl (C=O) groups is 1. The quantitative estimate of drug-likeness (QED) is 0.473. The third-order valence-electron chi connectivity index (χ3n) is 4.83. The van der Waals surface area contributed by atoms with E-state index >= 15 is 0 Å². The van der Waals surface area contributed by atoms with Gasteiger partial charge in [0.1, 0.15) is 11.5 Å². The van der Waals surface area contributed by atoms with Crippen molar-refractivity contribution in [2.24, 2.45) is 10.5 Å². The third kappa shape index (κ3) is 7.21. The van der Waals surface area contributed by atoms with Crippen LogP contribution in [0.4, 0.5) is 0 Å². The number of amides is 1. The summed E-state index contributed by atoms with van der Waals surface area (Å²) in [6.07, 6.45) is 1.08. The van der Waals surface area contributed by atoms with Crippen molar-refractivity contribution in [3.63, 3.8) is 0 Å². The molecular weight excluding hydrogens is 376 g/mol. The summed E-state index contributed by atoms with van der Waals surface area (Å²) >= 11 is 0. The van der Waals surface area contributed by atoms with Gasteiger partial charge in [-0.1, -0.05) is 46.8 Å². The van der Waals surface area contributed by atoms with Gasteiger partial charge in [0, 0.05) is 0 Å². The number of benzene rings is 2. The minimum absolute atomic E-state index is 0.0713. The molecule has 1 amide bonds. The fourth-order valence-corrected chi connectivity index (χ4v) is 3.65. The van der Waals surface area contributed by atoms with Crippen LogP contribution in [0, 0.1) is 5.41 Å². The molecule has 0 aliphatic carbocycles. The number of nitrogens with one attached hydrogen (secondary N) is 1. The number of rotatable bonds is 8. The van der Waals surface area contributed by atoms with Gasteiger partial charge in [-0.3, -0.25) is 4.79 Å². The van der Waals surface area contributed by atoms with E-state index < -0.39 is 0 Å². The lowest BCUT2D eigenvalue weighted by Crippen LogP contribution is -2.26. The molecular formula is C25H34N2O3. The molecule has 1 N–H and O–H groups in total. The summed E-state index contributed by atoms with van der Waals surface area (Å²) in [4.78, 5) is 12.1. The van der Waals surface area contributed by atoms with Crippen LogP contribution in [0.1, 0.15) is 59.1 Å². The van der Waals surface area contributed by atoms with E-state index in [2.05, 4.69) is 57.3 Å². The molecule has 0 bridgehead atoms. The van der Waals surface area contributed by atoms with Crippen molar-refractivity contribution < 1.29 is 14.3 Å². The van der Waals surface area contributed by atoms with E-state index in [1.54, 1.807) is 7.11 Å². The van der Waals surface area contributed by atoms with Crippen LogP contribution in [0.5, 0.6) is 11.5 Å². The molecule has 2 rings (SSSR count). The summed E-state index contributed by atoms with van der Waals surface area (Å²) in [5.41, 5.74) is 5.73. The lowest BCUT2D eigenvalue weighted by atomic mass is 9.72. The number of hydrazone groups is 1. The summed E-state index contributed by atoms with van der Waals surface area (Å²) in [6, 6.07) is 15.5. The summed E-state index contributed by atoms with van der Waals surface area (Å²) in [5.74, 6) is 1.13. The highest BCUT2D eigenvalue weighted by Gasteiger charge is 2.27. The third-order valence-corrected chi connectivity index (χ3v) is 4.83. The van der Waals surface area contributed by atoms with Gasteiger partial charge in [-0.2, -0.15) is 5.10 Å². The van der Waals surface area contributed by atoms with E-state index in [-0.39, 0.29) is 23.3 Å². The van der Waals surface area contributed by atoms with E-state index in [0.717, 1.165) is 17.7 Å². The predicted molar refractivity (Wildman–Crippen MR) is 122 cm³/mol. The van der Waals surface area contributed by atoms with Crippen molar-refractivity contribution in [3.05, 3.63) is 59.7 Å². The van der Waals surface area contributed by atoms with Gasteiger partial charge >= 0.3 is 0 Å². The maximum absolute atomic E-state index is 12.1. The van der Waals surface area contributed by atoms with Gasteiger partial charge in [-0.05, 0) is 71.7 Å². The summed E-state index contributed by atoms with van der Waals surface area (Å²) in [5, 5.41) is 4.14. The maximum Gasteiger partial charge on any atom is 0.277 e. The van der Waals surface area contributed by atoms with Crippen LogP contribution in [0.25, 0.3) is 0 Å². The molecule has 0 unspecified atom stereocenters. The first kappa shape index (κ1) is 23.5. The van der Waals surface area contributed by atoms with E-state index in [0.29, 0.717) is 11.5 Å². The number of methoxy groups -OCH3 is 1. The Morgan fingerprint density at radius 1 is 0.933 bits per heavy atom. The highest BCUT2D eigenvalue weighted by molar-refractivity contribution is 5.99. The zero-order valence-electron chi connectivity index (χ0n) is 19.2. The molecule has 0 atom stereocenters. The second-order valence-electron chi connectivity index (χ2n) is 9.40. The zero-order valence-corrected chi connectivity index (χ0v) is 19.2. The lowest BCUT2D eigenvalue weighted by Gasteiger charge is -2.33. The molecule has 0 aromatic heterocycles. The Bertz CT molecular complexity index is 861. The Morgan fingerprint density at radius 2 is 1.50 bits per heavy atom. The Balaban J connectivity index is 1.88. The number of hydrogen-bond donors (Lipinski definition) is 1. The van der Waals surface area contributed by atoms with Crippen LogP contribution < -0.4 is 14.9 Å². The van der Waals surface area contributed by atoms with E-state index in [1.165, 1.54) is 5.56 Å². The molecule has 5 nitrogen and oxygen atoms in total. The van der Waals surface area contributed by atoms with Crippen molar-refractivity contribution in [1.29, 1.82) is 0 Å². The van der Waals surface area contributed by atoms with Crippen LogP contribution >= 0.6 is 0 Å². The highest BCUT2D eigenvalue weighted by atomic mass is 16.5. The van der Waals surface area contributed by atoms with Gasteiger partial charge in [0.2, 0.25) is 0 Å². The molecule has 0 saturated heterocycles. The molecule has 162 valence electrons. The van der Waals surface area contributed by atoms with Crippen LogP contribution in [0.2, 0.25) is 0 Å². The largest absolute Gasteiger partial charge is 0.497 e. The number of carbonyl (C=O) groups excluding carboxylic acids is 1. The average molecular weight is 411 g/mol. The van der Waals surface area contributed by atoms with Gasteiger partial charge in [0.25, 0.3) is 5.91 Å². The lowest BCUT2D eigenvalue weighted by molar-refractivity contribution is -0.123. The standard InChI is InChI=1S/C25H34N2O3/c1-18(19-8-12-21(29-7)13-9-19)26-27-23(28)16-30-22-14-10-20(11-15-22)25(5,6)17-24(2,3)4/h8-15H,16-17H2,1-7H3,(H,27,28). The van der Waals surface area contributed by atoms with Gasteiger partial charge < -0.3 is 9.47 Å². The molecule has 2 aromatic carbocycles. The van der Waals surface area contributed by atoms with E-state index in [1.807, 2.05) is 43.3 Å². The molecule has 0 radical (unpaired) electrons.